The summed E-state index contributed by atoms with van der Waals surface area (Å²) in [6, 6.07) is 5.56. The van der Waals surface area contributed by atoms with Gasteiger partial charge in [0.05, 0.1) is 5.56 Å². The third-order valence-corrected chi connectivity index (χ3v) is 2.04. The van der Waals surface area contributed by atoms with Crippen LogP contribution in [0.15, 0.2) is 18.3 Å². The van der Waals surface area contributed by atoms with Gasteiger partial charge >= 0.3 is 0 Å². The minimum absolute atomic E-state index is 0.409. The van der Waals surface area contributed by atoms with E-state index in [0.717, 1.165) is 5.65 Å². The molecule has 0 radical (unpaired) electrons. The Bertz CT molecular complexity index is 512. The summed E-state index contributed by atoms with van der Waals surface area (Å²) < 4.78 is 7.03. The van der Waals surface area contributed by atoms with Gasteiger partial charge in [-0.2, -0.15) is 5.26 Å². The summed E-state index contributed by atoms with van der Waals surface area (Å²) in [6.45, 7) is 2.96. The first-order valence-corrected chi connectivity index (χ1v) is 4.66. The van der Waals surface area contributed by atoms with Crippen LogP contribution in [0, 0.1) is 11.3 Å². The molecule has 0 saturated carbocycles. The zero-order valence-corrected chi connectivity index (χ0v) is 8.34. The van der Waals surface area contributed by atoms with Crippen LogP contribution in [0.25, 0.3) is 5.65 Å². The molecule has 2 aromatic rings. The zero-order valence-electron chi connectivity index (χ0n) is 8.34. The fourth-order valence-electron chi connectivity index (χ4n) is 1.30. The number of fused-ring (bicyclic) bond motifs is 1. The van der Waals surface area contributed by atoms with E-state index >= 15 is 0 Å². The van der Waals surface area contributed by atoms with Gasteiger partial charge in [0.2, 0.25) is 0 Å². The molecule has 0 atom stereocenters. The molecule has 0 amide bonds. The molecule has 5 heteroatoms. The zero-order chi connectivity index (χ0) is 10.7. The highest BCUT2D eigenvalue weighted by molar-refractivity contribution is 5.42. The monoisotopic (exact) mass is 202 g/mol. The third kappa shape index (κ3) is 1.80. The number of rotatable bonds is 3. The van der Waals surface area contributed by atoms with E-state index in [1.807, 2.05) is 6.92 Å². The maximum absolute atomic E-state index is 8.77. The van der Waals surface area contributed by atoms with Crippen LogP contribution in [-0.4, -0.2) is 21.2 Å². The molecule has 2 rings (SSSR count). The predicted molar refractivity (Wildman–Crippen MR) is 53.0 cm³/mol. The molecule has 0 aliphatic carbocycles. The molecule has 15 heavy (non-hydrogen) atoms. The van der Waals surface area contributed by atoms with Crippen molar-refractivity contribution in [3.63, 3.8) is 0 Å². The molecule has 0 bridgehead atoms. The van der Waals surface area contributed by atoms with Gasteiger partial charge in [0, 0.05) is 12.8 Å². The summed E-state index contributed by atoms with van der Waals surface area (Å²) in [6.07, 6.45) is 1.71. The van der Waals surface area contributed by atoms with Crippen molar-refractivity contribution in [3.8, 4) is 6.07 Å². The number of hydrogen-bond donors (Lipinski definition) is 0. The minimum atomic E-state index is 0.409. The van der Waals surface area contributed by atoms with Crippen LogP contribution < -0.4 is 0 Å². The van der Waals surface area contributed by atoms with E-state index in [1.165, 1.54) is 0 Å². The molecule has 0 spiro atoms. The predicted octanol–water partition coefficient (Wildman–Crippen LogP) is 1.14. The maximum Gasteiger partial charge on any atom is 0.163 e. The Morgan fingerprint density at radius 1 is 1.47 bits per heavy atom. The lowest BCUT2D eigenvalue weighted by Gasteiger charge is -1.99. The summed E-state index contributed by atoms with van der Waals surface area (Å²) in [5.41, 5.74) is 1.31. The highest BCUT2D eigenvalue weighted by atomic mass is 16.5. The van der Waals surface area contributed by atoms with Crippen molar-refractivity contribution in [2.24, 2.45) is 0 Å². The summed E-state index contributed by atoms with van der Waals surface area (Å²) in [7, 11) is 0. The van der Waals surface area contributed by atoms with Crippen molar-refractivity contribution in [2.75, 3.05) is 6.61 Å². The van der Waals surface area contributed by atoms with Gasteiger partial charge in [-0.25, -0.2) is 0 Å². The maximum atomic E-state index is 8.77. The van der Waals surface area contributed by atoms with Crippen LogP contribution >= 0.6 is 0 Å². The Hall–Kier alpha value is -1.93. The number of nitrogens with zero attached hydrogens (tertiary/aromatic N) is 4. The summed E-state index contributed by atoms with van der Waals surface area (Å²) in [5, 5.41) is 16.7. The third-order valence-electron chi connectivity index (χ3n) is 2.04. The minimum Gasteiger partial charge on any atom is -0.374 e. The summed E-state index contributed by atoms with van der Waals surface area (Å²) in [5.74, 6) is 0.712. The van der Waals surface area contributed by atoms with E-state index in [0.29, 0.717) is 24.6 Å². The fourth-order valence-corrected chi connectivity index (χ4v) is 1.30. The molecule has 0 N–H and O–H groups in total. The average molecular weight is 202 g/mol. The van der Waals surface area contributed by atoms with Gasteiger partial charge in [-0.05, 0) is 19.1 Å². The number of hydrogen-bond acceptors (Lipinski definition) is 4. The second kappa shape index (κ2) is 4.07. The van der Waals surface area contributed by atoms with Crippen molar-refractivity contribution in [3.05, 3.63) is 29.7 Å². The van der Waals surface area contributed by atoms with Gasteiger partial charge in [-0.3, -0.25) is 4.40 Å². The molecular weight excluding hydrogens is 192 g/mol. The molecule has 0 aromatic carbocycles. The molecule has 0 unspecified atom stereocenters. The Labute approximate surface area is 86.9 Å². The quantitative estimate of drug-likeness (QED) is 0.748. The van der Waals surface area contributed by atoms with Crippen LogP contribution in [0.4, 0.5) is 0 Å². The normalized spacial score (nSPS) is 10.4. The highest BCUT2D eigenvalue weighted by Gasteiger charge is 2.05. The molecule has 5 nitrogen and oxygen atoms in total. The molecule has 2 aromatic heterocycles. The largest absolute Gasteiger partial charge is 0.374 e. The Balaban J connectivity index is 2.43. The topological polar surface area (TPSA) is 63.2 Å². The van der Waals surface area contributed by atoms with Crippen LogP contribution in [0.2, 0.25) is 0 Å². The average Bonchev–Trinajstić information content (AvgIpc) is 2.68. The van der Waals surface area contributed by atoms with Gasteiger partial charge in [0.1, 0.15) is 12.7 Å². The lowest BCUT2D eigenvalue weighted by molar-refractivity contribution is 0.127. The molecule has 0 aliphatic rings. The van der Waals surface area contributed by atoms with Crippen molar-refractivity contribution in [1.29, 1.82) is 5.26 Å². The van der Waals surface area contributed by atoms with E-state index in [2.05, 4.69) is 16.3 Å². The van der Waals surface area contributed by atoms with Gasteiger partial charge in [0.25, 0.3) is 0 Å². The van der Waals surface area contributed by atoms with Crippen molar-refractivity contribution in [2.45, 2.75) is 13.5 Å². The molecule has 2 heterocycles. The van der Waals surface area contributed by atoms with Crippen molar-refractivity contribution < 1.29 is 4.74 Å². The van der Waals surface area contributed by atoms with Crippen LogP contribution in [-0.2, 0) is 11.3 Å². The lowest BCUT2D eigenvalue weighted by Crippen LogP contribution is -1.99. The SMILES string of the molecule is CCOCc1nnc2ccc(C#N)cn12. The standard InChI is InChI=1S/C10H10N4O/c1-2-15-7-10-13-12-9-4-3-8(5-11)6-14(9)10/h3-4,6H,2,7H2,1H3. The van der Waals surface area contributed by atoms with Gasteiger partial charge in [0.15, 0.2) is 11.5 Å². The van der Waals surface area contributed by atoms with E-state index < -0.39 is 0 Å². The first-order valence-electron chi connectivity index (χ1n) is 4.66. The number of aromatic nitrogens is 3. The van der Waals surface area contributed by atoms with Gasteiger partial charge in [-0.1, -0.05) is 0 Å². The fraction of sp³-hybridized carbons (Fsp3) is 0.300. The van der Waals surface area contributed by atoms with Gasteiger partial charge < -0.3 is 4.74 Å². The summed E-state index contributed by atoms with van der Waals surface area (Å²) >= 11 is 0. The van der Waals surface area contributed by atoms with Crippen molar-refractivity contribution >= 4 is 5.65 Å². The van der Waals surface area contributed by atoms with Crippen LogP contribution in [0.5, 0.6) is 0 Å². The van der Waals surface area contributed by atoms with Crippen molar-refractivity contribution in [1.82, 2.24) is 14.6 Å². The highest BCUT2D eigenvalue weighted by Crippen LogP contribution is 2.07. The van der Waals surface area contributed by atoms with Crippen LogP contribution in [0.3, 0.4) is 0 Å². The first kappa shape index (κ1) is 9.62. The summed E-state index contributed by atoms with van der Waals surface area (Å²) in [4.78, 5) is 0. The molecule has 76 valence electrons. The van der Waals surface area contributed by atoms with E-state index in [4.69, 9.17) is 10.00 Å². The number of ether oxygens (including phenoxy) is 1. The second-order valence-electron chi connectivity index (χ2n) is 3.01. The van der Waals surface area contributed by atoms with E-state index in [-0.39, 0.29) is 0 Å². The van der Waals surface area contributed by atoms with E-state index in [1.54, 1.807) is 22.7 Å². The second-order valence-corrected chi connectivity index (χ2v) is 3.01. The molecular formula is C10H10N4O. The lowest BCUT2D eigenvalue weighted by atomic mass is 10.3. The smallest absolute Gasteiger partial charge is 0.163 e. The first-order chi connectivity index (χ1) is 7.35. The Kier molecular flexibility index (Phi) is 2.61. The Morgan fingerprint density at radius 2 is 2.33 bits per heavy atom. The van der Waals surface area contributed by atoms with Gasteiger partial charge in [-0.15, -0.1) is 10.2 Å². The van der Waals surface area contributed by atoms with Crippen LogP contribution in [0.1, 0.15) is 18.3 Å². The number of nitriles is 1. The van der Waals surface area contributed by atoms with E-state index in [9.17, 15) is 0 Å². The molecule has 0 fully saturated rings. The molecule has 0 saturated heterocycles. The molecule has 0 aliphatic heterocycles. The number of pyridine rings is 1. The Morgan fingerprint density at radius 3 is 3.07 bits per heavy atom.